The zero-order chi connectivity index (χ0) is 34.4. The molecule has 0 saturated heterocycles. The third-order valence-corrected chi connectivity index (χ3v) is 8.63. The molecule has 0 N–H and O–H groups in total. The maximum Gasteiger partial charge on any atom is 0.338 e. The summed E-state index contributed by atoms with van der Waals surface area (Å²) in [4.78, 5) is 32.8. The van der Waals surface area contributed by atoms with Crippen LogP contribution in [-0.4, -0.2) is 37.5 Å². The van der Waals surface area contributed by atoms with Crippen LogP contribution < -0.4 is 33.8 Å². The van der Waals surface area contributed by atoms with Gasteiger partial charge in [0.25, 0.3) is 5.56 Å². The van der Waals surface area contributed by atoms with E-state index in [9.17, 15) is 9.59 Å². The number of hydrogen-bond acceptors (Lipinski definition) is 9. The van der Waals surface area contributed by atoms with Gasteiger partial charge in [-0.2, -0.15) is 0 Å². The zero-order valence-corrected chi connectivity index (χ0v) is 28.9. The van der Waals surface area contributed by atoms with E-state index in [2.05, 4.69) is 6.58 Å². The number of aromatic nitrogens is 1. The fraction of sp³-hybridized carbons (Fsp3) is 0.289. The molecule has 4 aromatic rings. The Labute approximate surface area is 284 Å². The number of thiazole rings is 1. The smallest absolute Gasteiger partial charge is 0.338 e. The lowest BCUT2D eigenvalue weighted by atomic mass is 9.95. The van der Waals surface area contributed by atoms with Gasteiger partial charge in [-0.25, -0.2) is 9.79 Å². The molecule has 1 atom stereocenters. The highest BCUT2D eigenvalue weighted by Gasteiger charge is 2.34. The molecule has 0 bridgehead atoms. The minimum absolute atomic E-state index is 0.0743. The summed E-state index contributed by atoms with van der Waals surface area (Å²) < 4.78 is 31.0. The van der Waals surface area contributed by atoms with Crippen molar-refractivity contribution in [3.63, 3.8) is 0 Å². The Morgan fingerprint density at radius 1 is 1.04 bits per heavy atom. The fourth-order valence-corrected chi connectivity index (χ4v) is 6.63. The number of nitrogens with zero attached hydrogens (tertiary/aromatic N) is 2. The molecule has 3 aromatic carbocycles. The summed E-state index contributed by atoms with van der Waals surface area (Å²) in [7, 11) is 3.14. The van der Waals surface area contributed by atoms with Gasteiger partial charge in [-0.15, -0.1) is 6.58 Å². The molecule has 0 unspecified atom stereocenters. The maximum absolute atomic E-state index is 14.3. The predicted octanol–water partition coefficient (Wildman–Crippen LogP) is 5.91. The van der Waals surface area contributed by atoms with Crippen LogP contribution in [0.25, 0.3) is 6.08 Å². The van der Waals surface area contributed by atoms with Crippen LogP contribution >= 0.6 is 11.3 Å². The first-order chi connectivity index (χ1) is 23.2. The van der Waals surface area contributed by atoms with E-state index in [1.165, 1.54) is 11.3 Å². The molecular weight excluding hydrogens is 628 g/mol. The third-order valence-electron chi connectivity index (χ3n) is 7.65. The monoisotopic (exact) mass is 668 g/mol. The quantitative estimate of drug-likeness (QED) is 0.129. The normalized spacial score (nSPS) is 14.3. The highest BCUT2D eigenvalue weighted by atomic mass is 32.1. The van der Waals surface area contributed by atoms with Gasteiger partial charge in [0.05, 0.1) is 48.8 Å². The van der Waals surface area contributed by atoms with Crippen LogP contribution in [0.15, 0.2) is 94.4 Å². The van der Waals surface area contributed by atoms with E-state index in [1.807, 2.05) is 62.4 Å². The lowest BCUT2D eigenvalue weighted by Gasteiger charge is -2.25. The van der Waals surface area contributed by atoms with Crippen molar-refractivity contribution in [3.05, 3.63) is 127 Å². The first-order valence-corrected chi connectivity index (χ1v) is 16.5. The van der Waals surface area contributed by atoms with Gasteiger partial charge < -0.3 is 23.7 Å². The predicted molar refractivity (Wildman–Crippen MR) is 187 cm³/mol. The van der Waals surface area contributed by atoms with Crippen LogP contribution in [0, 0.1) is 0 Å². The topological polar surface area (TPSA) is 97.6 Å². The van der Waals surface area contributed by atoms with Crippen molar-refractivity contribution in [1.82, 2.24) is 4.57 Å². The van der Waals surface area contributed by atoms with Gasteiger partial charge in [-0.1, -0.05) is 53.8 Å². The molecule has 5 rings (SSSR count). The number of hydrogen-bond donors (Lipinski definition) is 0. The molecule has 0 radical (unpaired) electrons. The van der Waals surface area contributed by atoms with Crippen molar-refractivity contribution >= 4 is 23.4 Å². The summed E-state index contributed by atoms with van der Waals surface area (Å²) in [5.41, 5.74) is 3.76. The van der Waals surface area contributed by atoms with E-state index < -0.39 is 12.0 Å². The Hall–Kier alpha value is -5.09. The van der Waals surface area contributed by atoms with Crippen LogP contribution in [-0.2, 0) is 22.6 Å². The highest BCUT2D eigenvalue weighted by Crippen LogP contribution is 2.37. The van der Waals surface area contributed by atoms with Crippen LogP contribution in [0.5, 0.6) is 23.0 Å². The molecule has 2 heterocycles. The van der Waals surface area contributed by atoms with Crippen LogP contribution in [0.1, 0.15) is 56.0 Å². The zero-order valence-electron chi connectivity index (χ0n) is 28.1. The molecule has 1 aliphatic heterocycles. The molecule has 48 heavy (non-hydrogen) atoms. The SMILES string of the molecule is C=CCc1cc(/C=c2\sc3n(c2=O)[C@@H](c2ccc(OC(C)C)c(OC)c2)C(C(=O)OCC)=C(C)N=3)cc(OC)c1OCc1ccccc1. The summed E-state index contributed by atoms with van der Waals surface area (Å²) >= 11 is 1.25. The second-order valence-electron chi connectivity index (χ2n) is 11.4. The summed E-state index contributed by atoms with van der Waals surface area (Å²) in [5.74, 6) is 1.66. The Morgan fingerprint density at radius 2 is 1.79 bits per heavy atom. The van der Waals surface area contributed by atoms with E-state index in [0.717, 1.165) is 16.7 Å². The number of ether oxygens (including phenoxy) is 5. The first-order valence-electron chi connectivity index (χ1n) is 15.7. The third kappa shape index (κ3) is 7.23. The first kappa shape index (κ1) is 34.3. The molecule has 9 nitrogen and oxygen atoms in total. The lowest BCUT2D eigenvalue weighted by molar-refractivity contribution is -0.139. The minimum atomic E-state index is -0.802. The summed E-state index contributed by atoms with van der Waals surface area (Å²) in [6.45, 7) is 11.8. The minimum Gasteiger partial charge on any atom is -0.493 e. The molecule has 0 aliphatic carbocycles. The summed E-state index contributed by atoms with van der Waals surface area (Å²) in [6.07, 6.45) is 4.06. The van der Waals surface area contributed by atoms with E-state index in [0.29, 0.717) is 56.6 Å². The van der Waals surface area contributed by atoms with E-state index in [1.54, 1.807) is 56.9 Å². The van der Waals surface area contributed by atoms with Gasteiger partial charge >= 0.3 is 5.97 Å². The van der Waals surface area contributed by atoms with Crippen molar-refractivity contribution in [2.24, 2.45) is 4.99 Å². The van der Waals surface area contributed by atoms with Gasteiger partial charge in [0.15, 0.2) is 27.8 Å². The number of fused-ring (bicyclic) bond motifs is 1. The van der Waals surface area contributed by atoms with Crippen LogP contribution in [0.2, 0.25) is 0 Å². The van der Waals surface area contributed by atoms with E-state index in [4.69, 9.17) is 28.7 Å². The average Bonchev–Trinajstić information content (AvgIpc) is 3.37. The average molecular weight is 669 g/mol. The summed E-state index contributed by atoms with van der Waals surface area (Å²) in [6, 6.07) is 18.3. The van der Waals surface area contributed by atoms with Gasteiger partial charge in [-0.3, -0.25) is 9.36 Å². The number of benzene rings is 3. The molecule has 250 valence electrons. The van der Waals surface area contributed by atoms with Gasteiger partial charge in [0.2, 0.25) is 0 Å². The van der Waals surface area contributed by atoms with Gasteiger partial charge in [0.1, 0.15) is 6.61 Å². The molecular formula is C38H40N2O7S. The molecule has 0 spiro atoms. The molecule has 0 saturated carbocycles. The van der Waals surface area contributed by atoms with Crippen LogP contribution in [0.4, 0.5) is 0 Å². The molecule has 1 aliphatic rings. The lowest BCUT2D eigenvalue weighted by Crippen LogP contribution is -2.40. The number of allylic oxidation sites excluding steroid dienone is 2. The fourth-order valence-electron chi connectivity index (χ4n) is 5.58. The van der Waals surface area contributed by atoms with Crippen molar-refractivity contribution in [2.45, 2.75) is 52.9 Å². The molecule has 10 heteroatoms. The molecule has 0 amide bonds. The Balaban J connectivity index is 1.64. The van der Waals surface area contributed by atoms with Gasteiger partial charge in [0, 0.05) is 5.56 Å². The van der Waals surface area contributed by atoms with Crippen molar-refractivity contribution < 1.29 is 28.5 Å². The van der Waals surface area contributed by atoms with Crippen LogP contribution in [0.3, 0.4) is 0 Å². The molecule has 1 aromatic heterocycles. The number of esters is 1. The van der Waals surface area contributed by atoms with Crippen molar-refractivity contribution in [1.29, 1.82) is 0 Å². The largest absolute Gasteiger partial charge is 0.493 e. The molecule has 0 fully saturated rings. The Morgan fingerprint density at radius 3 is 2.46 bits per heavy atom. The standard InChI is InChI=1S/C38H40N2O7S/c1-8-13-28-18-26(19-31(44-7)35(28)46-22-25-14-11-10-12-15-25)20-32-36(41)40-34(27-16-17-29(47-23(3)4)30(21-27)43-6)33(37(42)45-9-2)24(5)39-38(40)48-32/h8,10-12,14-21,23,34H,1,9,13,22H2,2-7H3/b32-20-/t34-/m0/s1. The number of rotatable bonds is 13. The number of carbonyl (C=O) groups is 1. The maximum atomic E-state index is 14.3. The Kier molecular flexibility index (Phi) is 10.9. The van der Waals surface area contributed by atoms with Gasteiger partial charge in [-0.05, 0) is 81.1 Å². The van der Waals surface area contributed by atoms with E-state index >= 15 is 0 Å². The highest BCUT2D eigenvalue weighted by molar-refractivity contribution is 7.07. The second kappa shape index (κ2) is 15.2. The summed E-state index contributed by atoms with van der Waals surface area (Å²) in [5, 5.41) is 0. The van der Waals surface area contributed by atoms with E-state index in [-0.39, 0.29) is 23.8 Å². The number of methoxy groups -OCH3 is 2. The van der Waals surface area contributed by atoms with Crippen molar-refractivity contribution in [3.8, 4) is 23.0 Å². The Bertz CT molecular complexity index is 2030. The number of carbonyl (C=O) groups excluding carboxylic acids is 1. The second-order valence-corrected chi connectivity index (χ2v) is 12.4. The van der Waals surface area contributed by atoms with Crippen molar-refractivity contribution in [2.75, 3.05) is 20.8 Å².